The summed E-state index contributed by atoms with van der Waals surface area (Å²) in [5.74, 6) is -0.748. The molecule has 4 aromatic rings. The van der Waals surface area contributed by atoms with E-state index in [1.165, 1.54) is 0 Å². The van der Waals surface area contributed by atoms with Gasteiger partial charge < -0.3 is 20.8 Å². The second kappa shape index (κ2) is 13.2. The van der Waals surface area contributed by atoms with Crippen molar-refractivity contribution in [1.82, 2.24) is 10.6 Å². The van der Waals surface area contributed by atoms with Gasteiger partial charge in [0.15, 0.2) is 0 Å². The summed E-state index contributed by atoms with van der Waals surface area (Å²) >= 11 is 0. The Morgan fingerprint density at radius 3 is 1.50 bits per heavy atom. The Morgan fingerprint density at radius 2 is 1.10 bits per heavy atom. The van der Waals surface area contributed by atoms with E-state index >= 15 is 0 Å². The molecule has 0 atom stereocenters. The summed E-state index contributed by atoms with van der Waals surface area (Å²) in [6.07, 6.45) is 4.22. The summed E-state index contributed by atoms with van der Waals surface area (Å²) in [5, 5.41) is 31.7. The van der Waals surface area contributed by atoms with Gasteiger partial charge in [-0.05, 0) is 59.4 Å². The summed E-state index contributed by atoms with van der Waals surface area (Å²) < 4.78 is 0. The minimum absolute atomic E-state index is 0.0630. The number of allylic oxidation sites excluding steroid dienone is 1. The first kappa shape index (κ1) is 28.7. The number of carbonyl (C=O) groups is 2. The summed E-state index contributed by atoms with van der Waals surface area (Å²) in [5.41, 5.74) is 2.42. The molecule has 0 bridgehead atoms. The van der Waals surface area contributed by atoms with E-state index in [1.54, 1.807) is 12.1 Å². The van der Waals surface area contributed by atoms with E-state index in [9.17, 15) is 19.8 Å². The van der Waals surface area contributed by atoms with Gasteiger partial charge in [0, 0.05) is 24.2 Å². The SMILES string of the molecule is C=C(Cc1c(O)c(C(=O)NCCCC)cc2ccccc12)Cc1c(O)c(C(=O)NCCCC)cc2ccccc12. The smallest absolute Gasteiger partial charge is 0.255 e. The summed E-state index contributed by atoms with van der Waals surface area (Å²) in [6.45, 7) is 9.48. The van der Waals surface area contributed by atoms with Crippen LogP contribution in [-0.4, -0.2) is 35.1 Å². The molecule has 4 N–H and O–H groups in total. The second-order valence-corrected chi connectivity index (χ2v) is 10.3. The highest BCUT2D eigenvalue weighted by Crippen LogP contribution is 2.36. The largest absolute Gasteiger partial charge is 0.507 e. The highest BCUT2D eigenvalue weighted by atomic mass is 16.3. The van der Waals surface area contributed by atoms with E-state index in [0.29, 0.717) is 37.1 Å². The van der Waals surface area contributed by atoms with Crippen molar-refractivity contribution in [3.05, 3.63) is 95.1 Å². The number of phenolic OH excluding ortho intramolecular Hbond substituents is 2. The molecule has 4 rings (SSSR count). The van der Waals surface area contributed by atoms with Crippen LogP contribution in [0.1, 0.15) is 71.4 Å². The van der Waals surface area contributed by atoms with Crippen molar-refractivity contribution in [2.45, 2.75) is 52.4 Å². The Balaban J connectivity index is 1.69. The average Bonchev–Trinajstić information content (AvgIpc) is 2.95. The number of carbonyl (C=O) groups excluding carboxylic acids is 2. The predicted octanol–water partition coefficient (Wildman–Crippen LogP) is 6.81. The number of aromatic hydroxyl groups is 2. The zero-order valence-corrected chi connectivity index (χ0v) is 23.3. The fraction of sp³-hybridized carbons (Fsp3) is 0.294. The molecule has 0 aliphatic carbocycles. The molecule has 0 aliphatic rings. The number of unbranched alkanes of at least 4 members (excludes halogenated alkanes) is 2. The van der Waals surface area contributed by atoms with Crippen LogP contribution < -0.4 is 10.6 Å². The highest BCUT2D eigenvalue weighted by Gasteiger charge is 2.21. The molecule has 0 radical (unpaired) electrons. The van der Waals surface area contributed by atoms with Crippen molar-refractivity contribution in [3.63, 3.8) is 0 Å². The van der Waals surface area contributed by atoms with Crippen molar-refractivity contribution < 1.29 is 19.8 Å². The molecule has 0 aliphatic heterocycles. The van der Waals surface area contributed by atoms with Crippen LogP contribution in [0, 0.1) is 0 Å². The van der Waals surface area contributed by atoms with Gasteiger partial charge in [0.2, 0.25) is 0 Å². The number of hydrogen-bond acceptors (Lipinski definition) is 4. The maximum absolute atomic E-state index is 12.9. The Hall–Kier alpha value is -4.32. The molecule has 0 unspecified atom stereocenters. The summed E-state index contributed by atoms with van der Waals surface area (Å²) in [6, 6.07) is 18.7. The van der Waals surface area contributed by atoms with Crippen LogP contribution in [0.4, 0.5) is 0 Å². The van der Waals surface area contributed by atoms with Crippen LogP contribution >= 0.6 is 0 Å². The van der Waals surface area contributed by atoms with E-state index < -0.39 is 0 Å². The molecule has 4 aromatic carbocycles. The number of phenols is 2. The first-order valence-corrected chi connectivity index (χ1v) is 14.1. The van der Waals surface area contributed by atoms with Crippen molar-refractivity contribution in [2.75, 3.05) is 13.1 Å². The lowest BCUT2D eigenvalue weighted by atomic mass is 9.90. The van der Waals surface area contributed by atoms with Gasteiger partial charge in [-0.3, -0.25) is 9.59 Å². The molecule has 40 heavy (non-hydrogen) atoms. The third-order valence-corrected chi connectivity index (χ3v) is 7.23. The van der Waals surface area contributed by atoms with Crippen LogP contribution in [0.3, 0.4) is 0 Å². The van der Waals surface area contributed by atoms with Crippen molar-refractivity contribution in [3.8, 4) is 11.5 Å². The second-order valence-electron chi connectivity index (χ2n) is 10.3. The first-order valence-electron chi connectivity index (χ1n) is 14.1. The van der Waals surface area contributed by atoms with Gasteiger partial charge >= 0.3 is 0 Å². The van der Waals surface area contributed by atoms with Gasteiger partial charge in [-0.2, -0.15) is 0 Å². The fourth-order valence-electron chi connectivity index (χ4n) is 5.04. The number of nitrogens with one attached hydrogen (secondary N) is 2. The van der Waals surface area contributed by atoms with Crippen molar-refractivity contribution in [2.24, 2.45) is 0 Å². The summed E-state index contributed by atoms with van der Waals surface area (Å²) in [4.78, 5) is 25.9. The monoisotopic (exact) mass is 538 g/mol. The van der Waals surface area contributed by atoms with Gasteiger partial charge in [-0.1, -0.05) is 87.4 Å². The number of fused-ring (bicyclic) bond motifs is 2. The minimum atomic E-state index is -0.311. The van der Waals surface area contributed by atoms with Crippen molar-refractivity contribution in [1.29, 1.82) is 0 Å². The lowest BCUT2D eigenvalue weighted by Gasteiger charge is -2.17. The Morgan fingerprint density at radius 1 is 0.700 bits per heavy atom. The maximum atomic E-state index is 12.9. The minimum Gasteiger partial charge on any atom is -0.507 e. The van der Waals surface area contributed by atoms with Gasteiger partial charge in [0.25, 0.3) is 11.8 Å². The van der Waals surface area contributed by atoms with Gasteiger partial charge in [-0.25, -0.2) is 0 Å². The molecule has 0 fully saturated rings. The Bertz CT molecular complexity index is 1440. The molecule has 0 heterocycles. The van der Waals surface area contributed by atoms with E-state index in [-0.39, 0.29) is 34.4 Å². The molecular weight excluding hydrogens is 500 g/mol. The van der Waals surface area contributed by atoms with Gasteiger partial charge in [-0.15, -0.1) is 0 Å². The summed E-state index contributed by atoms with van der Waals surface area (Å²) in [7, 11) is 0. The maximum Gasteiger partial charge on any atom is 0.255 e. The zero-order chi connectivity index (χ0) is 28.6. The van der Waals surface area contributed by atoms with E-state index in [2.05, 4.69) is 31.1 Å². The molecule has 0 spiro atoms. The average molecular weight is 539 g/mol. The van der Waals surface area contributed by atoms with Crippen molar-refractivity contribution >= 4 is 33.4 Å². The molecule has 6 heteroatoms. The van der Waals surface area contributed by atoms with Gasteiger partial charge in [0.05, 0.1) is 11.1 Å². The molecule has 0 saturated heterocycles. The van der Waals surface area contributed by atoms with Crippen LogP contribution in [-0.2, 0) is 12.8 Å². The molecule has 2 amide bonds. The Kier molecular flexibility index (Phi) is 9.43. The number of benzene rings is 4. The standard InChI is InChI=1S/C34H38N2O4/c1-4-6-16-35-33(39)29-20-23-12-8-10-14-25(23)27(31(29)37)18-22(3)19-28-26-15-11-9-13-24(26)21-30(32(28)38)34(40)36-17-7-5-2/h8-15,20-21,37-38H,3-7,16-19H2,1-2H3,(H,35,39)(H,36,40). The van der Waals surface area contributed by atoms with Crippen LogP contribution in [0.25, 0.3) is 21.5 Å². The lowest BCUT2D eigenvalue weighted by Crippen LogP contribution is -2.24. The van der Waals surface area contributed by atoms with Crippen LogP contribution in [0.5, 0.6) is 11.5 Å². The van der Waals surface area contributed by atoms with Gasteiger partial charge in [0.1, 0.15) is 11.5 Å². The van der Waals surface area contributed by atoms with E-state index in [1.807, 2.05) is 48.5 Å². The fourth-order valence-corrected chi connectivity index (χ4v) is 5.04. The van der Waals surface area contributed by atoms with E-state index in [4.69, 9.17) is 0 Å². The van der Waals surface area contributed by atoms with Crippen LogP contribution in [0.15, 0.2) is 72.8 Å². The third-order valence-electron chi connectivity index (χ3n) is 7.23. The quantitative estimate of drug-likeness (QED) is 0.118. The molecule has 0 saturated carbocycles. The third kappa shape index (κ3) is 6.28. The lowest BCUT2D eigenvalue weighted by molar-refractivity contribution is 0.0942. The predicted molar refractivity (Wildman–Crippen MR) is 162 cm³/mol. The molecule has 6 nitrogen and oxygen atoms in total. The normalized spacial score (nSPS) is 11.1. The molecular formula is C34H38N2O4. The topological polar surface area (TPSA) is 98.7 Å². The number of rotatable bonds is 12. The molecule has 0 aromatic heterocycles. The van der Waals surface area contributed by atoms with E-state index in [0.717, 1.165) is 52.8 Å². The first-order chi connectivity index (χ1) is 19.3. The number of hydrogen-bond donors (Lipinski definition) is 4. The molecule has 208 valence electrons. The highest BCUT2D eigenvalue weighted by molar-refractivity contribution is 6.04. The van der Waals surface area contributed by atoms with Crippen LogP contribution in [0.2, 0.25) is 0 Å². The number of amides is 2. The zero-order valence-electron chi connectivity index (χ0n) is 23.3. The Labute approximate surface area is 235 Å².